The molecular formula is C18H18N2O. The summed E-state index contributed by atoms with van der Waals surface area (Å²) in [6, 6.07) is 18.5. The zero-order chi connectivity index (χ0) is 14.7. The first-order chi connectivity index (χ1) is 10.2. The van der Waals surface area contributed by atoms with Crippen LogP contribution in [0.1, 0.15) is 11.1 Å². The average molecular weight is 278 g/mol. The van der Waals surface area contributed by atoms with Gasteiger partial charge in [0.05, 0.1) is 12.6 Å². The number of fused-ring (bicyclic) bond motifs is 1. The van der Waals surface area contributed by atoms with Crippen LogP contribution in [0, 0.1) is 6.92 Å². The van der Waals surface area contributed by atoms with Gasteiger partial charge < -0.3 is 10.1 Å². The Kier molecular flexibility index (Phi) is 3.73. The minimum Gasteiger partial charge on any atom is -0.497 e. The maximum atomic E-state index is 5.16. The summed E-state index contributed by atoms with van der Waals surface area (Å²) in [5.41, 5.74) is 3.46. The molecule has 0 atom stereocenters. The number of aromatic nitrogens is 1. The molecule has 0 fully saturated rings. The van der Waals surface area contributed by atoms with Crippen LogP contribution in [-0.2, 0) is 6.54 Å². The van der Waals surface area contributed by atoms with Crippen LogP contribution >= 0.6 is 0 Å². The lowest BCUT2D eigenvalue weighted by atomic mass is 10.1. The van der Waals surface area contributed by atoms with Crippen LogP contribution in [0.4, 0.5) is 5.82 Å². The molecule has 1 heterocycles. The van der Waals surface area contributed by atoms with Gasteiger partial charge in [0.25, 0.3) is 0 Å². The molecule has 21 heavy (non-hydrogen) atoms. The predicted molar refractivity (Wildman–Crippen MR) is 86.8 cm³/mol. The summed E-state index contributed by atoms with van der Waals surface area (Å²) in [4.78, 5) is 4.63. The van der Waals surface area contributed by atoms with Gasteiger partial charge in [-0.15, -0.1) is 0 Å². The molecule has 1 aromatic heterocycles. The number of aryl methyl sites for hydroxylation is 1. The van der Waals surface area contributed by atoms with Crippen LogP contribution in [0.15, 0.2) is 54.6 Å². The molecule has 106 valence electrons. The maximum Gasteiger partial charge on any atom is 0.126 e. The number of nitrogens with one attached hydrogen (secondary N) is 1. The zero-order valence-electron chi connectivity index (χ0n) is 12.3. The van der Waals surface area contributed by atoms with Crippen molar-refractivity contribution >= 4 is 16.7 Å². The zero-order valence-corrected chi connectivity index (χ0v) is 12.3. The van der Waals surface area contributed by atoms with Crippen LogP contribution in [0.2, 0.25) is 0 Å². The van der Waals surface area contributed by atoms with E-state index in [-0.39, 0.29) is 0 Å². The van der Waals surface area contributed by atoms with Gasteiger partial charge in [-0.2, -0.15) is 0 Å². The molecular weight excluding hydrogens is 260 g/mol. The molecule has 0 aliphatic heterocycles. The van der Waals surface area contributed by atoms with Crippen LogP contribution in [-0.4, -0.2) is 12.1 Å². The summed E-state index contributed by atoms with van der Waals surface area (Å²) >= 11 is 0. The van der Waals surface area contributed by atoms with Gasteiger partial charge in [-0.3, -0.25) is 0 Å². The Labute approximate surface area is 124 Å². The summed E-state index contributed by atoms with van der Waals surface area (Å²) in [6.07, 6.45) is 0. The third-order valence-electron chi connectivity index (χ3n) is 3.48. The van der Waals surface area contributed by atoms with E-state index < -0.39 is 0 Å². The Morgan fingerprint density at radius 1 is 1.00 bits per heavy atom. The van der Waals surface area contributed by atoms with E-state index in [0.29, 0.717) is 0 Å². The smallest absolute Gasteiger partial charge is 0.126 e. The molecule has 3 heteroatoms. The van der Waals surface area contributed by atoms with Crippen molar-refractivity contribution in [2.75, 3.05) is 12.4 Å². The number of methoxy groups -OCH3 is 1. The lowest BCUT2D eigenvalue weighted by molar-refractivity contribution is 0.414. The fraction of sp³-hybridized carbons (Fsp3) is 0.167. The standard InChI is InChI=1S/C18H18N2O/c1-13-3-9-17-15(11-13)6-10-18(20-17)19-12-14-4-7-16(21-2)8-5-14/h3-11H,12H2,1-2H3,(H,19,20). The fourth-order valence-electron chi connectivity index (χ4n) is 2.28. The van der Waals surface area contributed by atoms with Gasteiger partial charge in [-0.05, 0) is 48.9 Å². The third kappa shape index (κ3) is 3.14. The van der Waals surface area contributed by atoms with Crippen LogP contribution in [0.25, 0.3) is 10.9 Å². The molecule has 0 radical (unpaired) electrons. The number of ether oxygens (including phenoxy) is 1. The van der Waals surface area contributed by atoms with E-state index in [1.165, 1.54) is 16.5 Å². The highest BCUT2D eigenvalue weighted by atomic mass is 16.5. The lowest BCUT2D eigenvalue weighted by Crippen LogP contribution is -2.01. The quantitative estimate of drug-likeness (QED) is 0.778. The summed E-state index contributed by atoms with van der Waals surface area (Å²) in [5.74, 6) is 1.76. The second-order valence-corrected chi connectivity index (χ2v) is 5.09. The molecule has 2 aromatic carbocycles. The Bertz CT molecular complexity index is 751. The normalized spacial score (nSPS) is 10.6. The molecule has 0 amide bonds. The lowest BCUT2D eigenvalue weighted by Gasteiger charge is -2.08. The van der Waals surface area contributed by atoms with Gasteiger partial charge in [-0.1, -0.05) is 23.8 Å². The molecule has 3 rings (SSSR count). The van der Waals surface area contributed by atoms with E-state index >= 15 is 0 Å². The molecule has 0 aliphatic carbocycles. The van der Waals surface area contributed by atoms with E-state index in [0.717, 1.165) is 23.6 Å². The minimum absolute atomic E-state index is 0.744. The number of rotatable bonds is 4. The van der Waals surface area contributed by atoms with Gasteiger partial charge in [0.15, 0.2) is 0 Å². The highest BCUT2D eigenvalue weighted by Crippen LogP contribution is 2.17. The van der Waals surface area contributed by atoms with Crippen LogP contribution in [0.5, 0.6) is 5.75 Å². The Morgan fingerprint density at radius 3 is 2.57 bits per heavy atom. The number of hydrogen-bond acceptors (Lipinski definition) is 3. The third-order valence-corrected chi connectivity index (χ3v) is 3.48. The first kappa shape index (κ1) is 13.4. The first-order valence-electron chi connectivity index (χ1n) is 6.99. The van der Waals surface area contributed by atoms with Crippen molar-refractivity contribution in [3.05, 3.63) is 65.7 Å². The minimum atomic E-state index is 0.744. The van der Waals surface area contributed by atoms with Crippen molar-refractivity contribution in [3.63, 3.8) is 0 Å². The highest BCUT2D eigenvalue weighted by molar-refractivity contribution is 5.80. The Hall–Kier alpha value is -2.55. The van der Waals surface area contributed by atoms with E-state index in [2.05, 4.69) is 53.6 Å². The second kappa shape index (κ2) is 5.83. The molecule has 0 saturated carbocycles. The molecule has 1 N–H and O–H groups in total. The first-order valence-corrected chi connectivity index (χ1v) is 6.99. The maximum absolute atomic E-state index is 5.16. The summed E-state index contributed by atoms with van der Waals surface area (Å²) in [7, 11) is 1.67. The van der Waals surface area contributed by atoms with Crippen molar-refractivity contribution in [2.24, 2.45) is 0 Å². The number of nitrogens with zero attached hydrogens (tertiary/aromatic N) is 1. The largest absolute Gasteiger partial charge is 0.497 e. The van der Waals surface area contributed by atoms with Gasteiger partial charge in [0.2, 0.25) is 0 Å². The number of anilines is 1. The van der Waals surface area contributed by atoms with Crippen molar-refractivity contribution in [1.82, 2.24) is 4.98 Å². The Morgan fingerprint density at radius 2 is 1.81 bits per heavy atom. The predicted octanol–water partition coefficient (Wildman–Crippen LogP) is 4.16. The molecule has 3 aromatic rings. The topological polar surface area (TPSA) is 34.1 Å². The summed E-state index contributed by atoms with van der Waals surface area (Å²) in [6.45, 7) is 2.84. The van der Waals surface area contributed by atoms with Gasteiger partial charge in [0.1, 0.15) is 11.6 Å². The van der Waals surface area contributed by atoms with Gasteiger partial charge in [0, 0.05) is 11.9 Å². The number of pyridine rings is 1. The molecule has 0 aliphatic rings. The van der Waals surface area contributed by atoms with Crippen molar-refractivity contribution < 1.29 is 4.74 Å². The summed E-state index contributed by atoms with van der Waals surface area (Å²) < 4.78 is 5.16. The van der Waals surface area contributed by atoms with Crippen LogP contribution < -0.4 is 10.1 Å². The van der Waals surface area contributed by atoms with Crippen molar-refractivity contribution in [1.29, 1.82) is 0 Å². The fourth-order valence-corrected chi connectivity index (χ4v) is 2.28. The number of benzene rings is 2. The average Bonchev–Trinajstić information content (AvgIpc) is 2.53. The van der Waals surface area contributed by atoms with Gasteiger partial charge >= 0.3 is 0 Å². The van der Waals surface area contributed by atoms with E-state index in [4.69, 9.17) is 4.74 Å². The van der Waals surface area contributed by atoms with Crippen LogP contribution in [0.3, 0.4) is 0 Å². The molecule has 0 saturated heterocycles. The number of hydrogen-bond donors (Lipinski definition) is 1. The molecule has 3 nitrogen and oxygen atoms in total. The van der Waals surface area contributed by atoms with Crippen molar-refractivity contribution in [2.45, 2.75) is 13.5 Å². The highest BCUT2D eigenvalue weighted by Gasteiger charge is 1.99. The van der Waals surface area contributed by atoms with Crippen molar-refractivity contribution in [3.8, 4) is 5.75 Å². The SMILES string of the molecule is COc1ccc(CNc2ccc3cc(C)ccc3n2)cc1. The Balaban J connectivity index is 1.73. The van der Waals surface area contributed by atoms with E-state index in [1.807, 2.05) is 18.2 Å². The molecule has 0 bridgehead atoms. The van der Waals surface area contributed by atoms with Gasteiger partial charge in [-0.25, -0.2) is 4.98 Å². The summed E-state index contributed by atoms with van der Waals surface area (Å²) in [5, 5.41) is 4.52. The van der Waals surface area contributed by atoms with E-state index in [9.17, 15) is 0 Å². The van der Waals surface area contributed by atoms with E-state index in [1.54, 1.807) is 7.11 Å². The monoisotopic (exact) mass is 278 g/mol. The molecule has 0 unspecified atom stereocenters. The second-order valence-electron chi connectivity index (χ2n) is 5.09. The molecule has 0 spiro atoms.